The SMILES string of the molecule is CC(C)n1cnc2c(Nc3cccc(Cl)c3)nc(NCCN)nc21. The van der Waals surface area contributed by atoms with Crippen LogP contribution in [-0.2, 0) is 0 Å². The van der Waals surface area contributed by atoms with Crippen LogP contribution in [0.25, 0.3) is 11.2 Å². The Hall–Kier alpha value is -2.38. The standard InChI is InChI=1S/C16H20ClN7/c1-10(2)24-9-20-13-14(21-12-5-3-4-11(17)8-12)22-16(19-7-6-18)23-15(13)24/h3-5,8-10H,6-7,18H2,1-2H3,(H2,19,21,22,23). The maximum absolute atomic E-state index is 6.06. The first-order valence-corrected chi connectivity index (χ1v) is 8.17. The van der Waals surface area contributed by atoms with Crippen molar-refractivity contribution in [3.63, 3.8) is 0 Å². The van der Waals surface area contributed by atoms with Gasteiger partial charge in [-0.25, -0.2) is 4.98 Å². The summed E-state index contributed by atoms with van der Waals surface area (Å²) in [5.41, 5.74) is 7.88. The second-order valence-corrected chi connectivity index (χ2v) is 6.10. The molecule has 0 radical (unpaired) electrons. The summed E-state index contributed by atoms with van der Waals surface area (Å²) in [6.07, 6.45) is 1.78. The van der Waals surface area contributed by atoms with E-state index in [-0.39, 0.29) is 6.04 Å². The molecule has 0 fully saturated rings. The van der Waals surface area contributed by atoms with Gasteiger partial charge in [-0.2, -0.15) is 9.97 Å². The summed E-state index contributed by atoms with van der Waals surface area (Å²) in [4.78, 5) is 13.6. The van der Waals surface area contributed by atoms with Crippen molar-refractivity contribution in [2.24, 2.45) is 5.73 Å². The minimum atomic E-state index is 0.242. The predicted molar refractivity (Wildman–Crippen MR) is 98.0 cm³/mol. The average molecular weight is 346 g/mol. The van der Waals surface area contributed by atoms with Crippen LogP contribution >= 0.6 is 11.6 Å². The predicted octanol–water partition coefficient (Wildman–Crippen LogP) is 3.17. The molecule has 0 bridgehead atoms. The lowest BCUT2D eigenvalue weighted by Gasteiger charge is -2.12. The van der Waals surface area contributed by atoms with Crippen LogP contribution in [0, 0.1) is 0 Å². The van der Waals surface area contributed by atoms with Gasteiger partial charge in [-0.3, -0.25) is 0 Å². The molecule has 0 amide bonds. The van der Waals surface area contributed by atoms with E-state index in [2.05, 4.69) is 39.4 Å². The zero-order valence-corrected chi connectivity index (χ0v) is 14.4. The summed E-state index contributed by atoms with van der Waals surface area (Å²) in [5, 5.41) is 7.05. The topological polar surface area (TPSA) is 93.7 Å². The van der Waals surface area contributed by atoms with Crippen molar-refractivity contribution in [1.29, 1.82) is 0 Å². The summed E-state index contributed by atoms with van der Waals surface area (Å²) in [6, 6.07) is 7.70. The fourth-order valence-corrected chi connectivity index (χ4v) is 2.54. The van der Waals surface area contributed by atoms with E-state index < -0.39 is 0 Å². The van der Waals surface area contributed by atoms with Crippen LogP contribution in [0.2, 0.25) is 5.02 Å². The molecule has 24 heavy (non-hydrogen) atoms. The molecule has 7 nitrogen and oxygen atoms in total. The molecule has 126 valence electrons. The van der Waals surface area contributed by atoms with Crippen molar-refractivity contribution in [1.82, 2.24) is 19.5 Å². The number of hydrogen-bond donors (Lipinski definition) is 3. The summed E-state index contributed by atoms with van der Waals surface area (Å²) in [6.45, 7) is 5.26. The van der Waals surface area contributed by atoms with E-state index in [4.69, 9.17) is 17.3 Å². The van der Waals surface area contributed by atoms with E-state index in [1.165, 1.54) is 0 Å². The fraction of sp³-hybridized carbons (Fsp3) is 0.312. The van der Waals surface area contributed by atoms with Gasteiger partial charge in [0.25, 0.3) is 0 Å². The highest BCUT2D eigenvalue weighted by Crippen LogP contribution is 2.26. The third kappa shape index (κ3) is 3.42. The maximum atomic E-state index is 6.06. The van der Waals surface area contributed by atoms with E-state index in [1.807, 2.05) is 28.8 Å². The number of rotatable bonds is 6. The van der Waals surface area contributed by atoms with Crippen LogP contribution in [0.3, 0.4) is 0 Å². The van der Waals surface area contributed by atoms with Crippen LogP contribution in [0.5, 0.6) is 0 Å². The Balaban J connectivity index is 2.07. The van der Waals surface area contributed by atoms with Gasteiger partial charge in [-0.05, 0) is 32.0 Å². The van der Waals surface area contributed by atoms with Crippen LogP contribution in [0.1, 0.15) is 19.9 Å². The molecule has 0 aliphatic heterocycles. The van der Waals surface area contributed by atoms with Gasteiger partial charge in [0.05, 0.1) is 6.33 Å². The van der Waals surface area contributed by atoms with E-state index in [9.17, 15) is 0 Å². The van der Waals surface area contributed by atoms with E-state index in [1.54, 1.807) is 6.33 Å². The van der Waals surface area contributed by atoms with Crippen LogP contribution in [0.15, 0.2) is 30.6 Å². The number of nitrogens with zero attached hydrogens (tertiary/aromatic N) is 4. The number of imidazole rings is 1. The molecule has 1 aromatic carbocycles. The Morgan fingerprint density at radius 1 is 1.29 bits per heavy atom. The van der Waals surface area contributed by atoms with Gasteiger partial charge >= 0.3 is 0 Å². The van der Waals surface area contributed by atoms with Crippen molar-refractivity contribution in [2.45, 2.75) is 19.9 Å². The third-order valence-corrected chi connectivity index (χ3v) is 3.73. The molecule has 0 saturated heterocycles. The van der Waals surface area contributed by atoms with Crippen molar-refractivity contribution in [3.8, 4) is 0 Å². The Kier molecular flexibility index (Phi) is 4.82. The minimum absolute atomic E-state index is 0.242. The third-order valence-electron chi connectivity index (χ3n) is 3.49. The van der Waals surface area contributed by atoms with Gasteiger partial charge in [-0.15, -0.1) is 0 Å². The Bertz CT molecular complexity index is 844. The molecular weight excluding hydrogens is 326 g/mol. The van der Waals surface area contributed by atoms with Crippen molar-refractivity contribution < 1.29 is 0 Å². The minimum Gasteiger partial charge on any atom is -0.353 e. The van der Waals surface area contributed by atoms with Gasteiger partial charge < -0.3 is 20.9 Å². The highest BCUT2D eigenvalue weighted by molar-refractivity contribution is 6.30. The summed E-state index contributed by atoms with van der Waals surface area (Å²) in [5.74, 6) is 1.14. The molecule has 4 N–H and O–H groups in total. The van der Waals surface area contributed by atoms with Crippen molar-refractivity contribution >= 4 is 40.2 Å². The van der Waals surface area contributed by atoms with Crippen molar-refractivity contribution in [2.75, 3.05) is 23.7 Å². The Labute approximate surface area is 145 Å². The quantitative estimate of drug-likeness (QED) is 0.635. The van der Waals surface area contributed by atoms with Gasteiger partial charge in [0.2, 0.25) is 5.95 Å². The monoisotopic (exact) mass is 345 g/mol. The van der Waals surface area contributed by atoms with E-state index >= 15 is 0 Å². The van der Waals surface area contributed by atoms with Gasteiger partial charge in [-0.1, -0.05) is 17.7 Å². The molecule has 8 heteroatoms. The number of aromatic nitrogens is 4. The van der Waals surface area contributed by atoms with Gasteiger partial charge in [0.15, 0.2) is 17.0 Å². The lowest BCUT2D eigenvalue weighted by molar-refractivity contribution is 0.613. The van der Waals surface area contributed by atoms with Crippen LogP contribution in [-0.4, -0.2) is 32.6 Å². The molecule has 0 aliphatic carbocycles. The molecule has 0 atom stereocenters. The smallest absolute Gasteiger partial charge is 0.226 e. The second kappa shape index (κ2) is 7.02. The zero-order chi connectivity index (χ0) is 17.1. The number of anilines is 3. The molecular formula is C16H20ClN7. The van der Waals surface area contributed by atoms with Crippen LogP contribution in [0.4, 0.5) is 17.5 Å². The molecule has 2 aromatic heterocycles. The number of halogens is 1. The summed E-state index contributed by atoms with van der Waals surface area (Å²) < 4.78 is 2.01. The fourth-order valence-electron chi connectivity index (χ4n) is 2.35. The molecule has 0 aliphatic rings. The zero-order valence-electron chi connectivity index (χ0n) is 13.6. The lowest BCUT2D eigenvalue weighted by Crippen LogP contribution is -2.15. The average Bonchev–Trinajstić information content (AvgIpc) is 2.97. The number of benzene rings is 1. The van der Waals surface area contributed by atoms with Crippen molar-refractivity contribution in [3.05, 3.63) is 35.6 Å². The molecule has 0 spiro atoms. The first-order valence-electron chi connectivity index (χ1n) is 7.79. The first-order chi connectivity index (χ1) is 11.6. The molecule has 3 rings (SSSR count). The Morgan fingerprint density at radius 2 is 2.12 bits per heavy atom. The van der Waals surface area contributed by atoms with E-state index in [0.29, 0.717) is 35.4 Å². The molecule has 0 unspecified atom stereocenters. The largest absolute Gasteiger partial charge is 0.353 e. The number of hydrogen-bond acceptors (Lipinski definition) is 6. The van der Waals surface area contributed by atoms with Crippen LogP contribution < -0.4 is 16.4 Å². The first kappa shape index (κ1) is 16.5. The highest BCUT2D eigenvalue weighted by Gasteiger charge is 2.15. The van der Waals surface area contributed by atoms with E-state index in [0.717, 1.165) is 11.3 Å². The molecule has 0 saturated carbocycles. The van der Waals surface area contributed by atoms with Gasteiger partial charge in [0.1, 0.15) is 0 Å². The maximum Gasteiger partial charge on any atom is 0.226 e. The summed E-state index contributed by atoms with van der Waals surface area (Å²) in [7, 11) is 0. The molecule has 2 heterocycles. The highest BCUT2D eigenvalue weighted by atomic mass is 35.5. The lowest BCUT2D eigenvalue weighted by atomic mass is 10.3. The number of nitrogens with one attached hydrogen (secondary N) is 2. The number of nitrogens with two attached hydrogens (primary N) is 1. The number of fused-ring (bicyclic) bond motifs is 1. The second-order valence-electron chi connectivity index (χ2n) is 5.66. The normalized spacial score (nSPS) is 11.2. The Morgan fingerprint density at radius 3 is 2.83 bits per heavy atom. The molecule has 3 aromatic rings. The summed E-state index contributed by atoms with van der Waals surface area (Å²) >= 11 is 6.06. The van der Waals surface area contributed by atoms with Gasteiger partial charge in [0, 0.05) is 29.8 Å².